The summed E-state index contributed by atoms with van der Waals surface area (Å²) in [6.07, 6.45) is 2.03. The summed E-state index contributed by atoms with van der Waals surface area (Å²) in [6, 6.07) is 3.85. The number of nitrogens with one attached hydrogen (secondary N) is 1. The SMILES string of the molecule is CC(C)NC(=O)c1ccc(N2C[C@@H](C)O[C@@H](C)C2)nc1. The molecule has 110 valence electrons. The fourth-order valence-corrected chi connectivity index (χ4v) is 2.42. The maximum Gasteiger partial charge on any atom is 0.253 e. The third-order valence-electron chi connectivity index (χ3n) is 3.17. The van der Waals surface area contributed by atoms with Gasteiger partial charge >= 0.3 is 0 Å². The lowest BCUT2D eigenvalue weighted by molar-refractivity contribution is -0.00546. The molecule has 0 aromatic carbocycles. The van der Waals surface area contributed by atoms with Gasteiger partial charge in [0.05, 0.1) is 17.8 Å². The third kappa shape index (κ3) is 3.70. The maximum atomic E-state index is 11.9. The summed E-state index contributed by atoms with van der Waals surface area (Å²) in [4.78, 5) is 18.5. The molecule has 0 spiro atoms. The lowest BCUT2D eigenvalue weighted by Gasteiger charge is -2.36. The molecule has 2 rings (SSSR count). The van der Waals surface area contributed by atoms with E-state index < -0.39 is 0 Å². The summed E-state index contributed by atoms with van der Waals surface area (Å²) in [6.45, 7) is 9.66. The number of hydrogen-bond acceptors (Lipinski definition) is 4. The Labute approximate surface area is 120 Å². The first kappa shape index (κ1) is 14.8. The van der Waals surface area contributed by atoms with Gasteiger partial charge in [0.15, 0.2) is 0 Å². The van der Waals surface area contributed by atoms with Gasteiger partial charge in [-0.2, -0.15) is 0 Å². The predicted octanol–water partition coefficient (Wildman–Crippen LogP) is 1.83. The minimum Gasteiger partial charge on any atom is -0.372 e. The molecule has 0 bridgehead atoms. The van der Waals surface area contributed by atoms with E-state index in [4.69, 9.17) is 4.74 Å². The van der Waals surface area contributed by atoms with Crippen LogP contribution in [-0.4, -0.2) is 42.2 Å². The second-order valence-electron chi connectivity index (χ2n) is 5.70. The number of amides is 1. The molecule has 1 aromatic heterocycles. The van der Waals surface area contributed by atoms with Crippen LogP contribution >= 0.6 is 0 Å². The highest BCUT2D eigenvalue weighted by atomic mass is 16.5. The highest BCUT2D eigenvalue weighted by Crippen LogP contribution is 2.18. The van der Waals surface area contributed by atoms with Gasteiger partial charge < -0.3 is 15.0 Å². The number of carbonyl (C=O) groups is 1. The van der Waals surface area contributed by atoms with E-state index in [-0.39, 0.29) is 24.2 Å². The summed E-state index contributed by atoms with van der Waals surface area (Å²) in [5.74, 6) is 0.816. The first-order chi connectivity index (χ1) is 9.45. The van der Waals surface area contributed by atoms with E-state index in [1.807, 2.05) is 26.0 Å². The summed E-state index contributed by atoms with van der Waals surface area (Å²) < 4.78 is 5.71. The molecule has 1 amide bonds. The van der Waals surface area contributed by atoms with E-state index in [0.29, 0.717) is 5.56 Å². The van der Waals surface area contributed by atoms with Gasteiger partial charge in [-0.25, -0.2) is 4.98 Å². The van der Waals surface area contributed by atoms with Crippen LogP contribution in [0.5, 0.6) is 0 Å². The Hall–Kier alpha value is -1.62. The molecule has 5 heteroatoms. The molecular formula is C15H23N3O2. The van der Waals surface area contributed by atoms with Crippen molar-refractivity contribution in [3.05, 3.63) is 23.9 Å². The predicted molar refractivity (Wildman–Crippen MR) is 79.1 cm³/mol. The van der Waals surface area contributed by atoms with Gasteiger partial charge in [0.1, 0.15) is 5.82 Å². The Morgan fingerprint density at radius 3 is 2.50 bits per heavy atom. The Morgan fingerprint density at radius 2 is 2.00 bits per heavy atom. The maximum absolute atomic E-state index is 11.9. The Bertz CT molecular complexity index is 449. The van der Waals surface area contributed by atoms with Crippen LogP contribution in [0.15, 0.2) is 18.3 Å². The standard InChI is InChI=1S/C15H23N3O2/c1-10(2)17-15(19)13-5-6-14(16-7-13)18-8-11(3)20-12(4)9-18/h5-7,10-12H,8-9H2,1-4H3,(H,17,19)/t11-,12+. The van der Waals surface area contributed by atoms with E-state index in [2.05, 4.69) is 29.0 Å². The van der Waals surface area contributed by atoms with Gasteiger partial charge in [-0.1, -0.05) is 0 Å². The molecule has 0 unspecified atom stereocenters. The number of rotatable bonds is 3. The first-order valence-corrected chi connectivity index (χ1v) is 7.13. The zero-order valence-electron chi connectivity index (χ0n) is 12.6. The summed E-state index contributed by atoms with van der Waals surface area (Å²) in [7, 11) is 0. The van der Waals surface area contributed by atoms with Crippen molar-refractivity contribution in [3.8, 4) is 0 Å². The van der Waals surface area contributed by atoms with Gasteiger partial charge in [0, 0.05) is 25.3 Å². The number of hydrogen-bond donors (Lipinski definition) is 1. The van der Waals surface area contributed by atoms with E-state index in [0.717, 1.165) is 18.9 Å². The highest BCUT2D eigenvalue weighted by molar-refractivity contribution is 5.94. The van der Waals surface area contributed by atoms with Gasteiger partial charge in [0.2, 0.25) is 0 Å². The van der Waals surface area contributed by atoms with Crippen LogP contribution in [-0.2, 0) is 4.74 Å². The molecule has 5 nitrogen and oxygen atoms in total. The average molecular weight is 277 g/mol. The average Bonchev–Trinajstić information content (AvgIpc) is 2.37. The van der Waals surface area contributed by atoms with Crippen molar-refractivity contribution in [1.29, 1.82) is 0 Å². The van der Waals surface area contributed by atoms with Gasteiger partial charge in [-0.15, -0.1) is 0 Å². The zero-order valence-corrected chi connectivity index (χ0v) is 12.6. The molecule has 1 saturated heterocycles. The Kier molecular flexibility index (Phi) is 4.60. The number of anilines is 1. The molecule has 1 aliphatic heterocycles. The van der Waals surface area contributed by atoms with Crippen LogP contribution in [0.1, 0.15) is 38.1 Å². The minimum absolute atomic E-state index is 0.0808. The van der Waals surface area contributed by atoms with Crippen molar-refractivity contribution in [3.63, 3.8) is 0 Å². The monoisotopic (exact) mass is 277 g/mol. The van der Waals surface area contributed by atoms with Gasteiger partial charge in [-0.05, 0) is 39.8 Å². The molecule has 1 aromatic rings. The van der Waals surface area contributed by atoms with Gasteiger partial charge in [0.25, 0.3) is 5.91 Å². The van der Waals surface area contributed by atoms with E-state index in [9.17, 15) is 4.79 Å². The Balaban J connectivity index is 2.06. The Morgan fingerprint density at radius 1 is 1.35 bits per heavy atom. The molecule has 1 aliphatic rings. The molecule has 2 atom stereocenters. The summed E-state index contributed by atoms with van der Waals surface area (Å²) in [5, 5.41) is 2.86. The first-order valence-electron chi connectivity index (χ1n) is 7.13. The largest absolute Gasteiger partial charge is 0.372 e. The second kappa shape index (κ2) is 6.22. The number of ether oxygens (including phenoxy) is 1. The molecule has 1 N–H and O–H groups in total. The number of morpholine rings is 1. The van der Waals surface area contributed by atoms with E-state index in [1.165, 1.54) is 0 Å². The van der Waals surface area contributed by atoms with Crippen LogP contribution < -0.4 is 10.2 Å². The number of nitrogens with zero attached hydrogens (tertiary/aromatic N) is 2. The second-order valence-corrected chi connectivity index (χ2v) is 5.70. The van der Waals surface area contributed by atoms with Crippen LogP contribution in [0, 0.1) is 0 Å². The molecule has 0 saturated carbocycles. The van der Waals surface area contributed by atoms with Crippen molar-refractivity contribution in [1.82, 2.24) is 10.3 Å². The molecule has 1 fully saturated rings. The van der Waals surface area contributed by atoms with Crippen molar-refractivity contribution in [2.45, 2.75) is 45.9 Å². The van der Waals surface area contributed by atoms with Crippen LogP contribution in [0.4, 0.5) is 5.82 Å². The van der Waals surface area contributed by atoms with Crippen LogP contribution in [0.25, 0.3) is 0 Å². The molecule has 0 radical (unpaired) electrons. The van der Waals surface area contributed by atoms with E-state index in [1.54, 1.807) is 6.20 Å². The lowest BCUT2D eigenvalue weighted by atomic mass is 10.2. The summed E-state index contributed by atoms with van der Waals surface area (Å²) >= 11 is 0. The molecule has 20 heavy (non-hydrogen) atoms. The summed E-state index contributed by atoms with van der Waals surface area (Å²) in [5.41, 5.74) is 0.594. The van der Waals surface area contributed by atoms with Crippen molar-refractivity contribution < 1.29 is 9.53 Å². The van der Waals surface area contributed by atoms with Crippen LogP contribution in [0.3, 0.4) is 0 Å². The fraction of sp³-hybridized carbons (Fsp3) is 0.600. The van der Waals surface area contributed by atoms with E-state index >= 15 is 0 Å². The number of carbonyl (C=O) groups excluding carboxylic acids is 1. The molecular weight excluding hydrogens is 254 g/mol. The van der Waals surface area contributed by atoms with Crippen molar-refractivity contribution >= 4 is 11.7 Å². The highest BCUT2D eigenvalue weighted by Gasteiger charge is 2.23. The smallest absolute Gasteiger partial charge is 0.253 e. The van der Waals surface area contributed by atoms with Crippen molar-refractivity contribution in [2.24, 2.45) is 0 Å². The van der Waals surface area contributed by atoms with Gasteiger partial charge in [-0.3, -0.25) is 4.79 Å². The fourth-order valence-electron chi connectivity index (χ4n) is 2.42. The third-order valence-corrected chi connectivity index (χ3v) is 3.17. The van der Waals surface area contributed by atoms with Crippen molar-refractivity contribution in [2.75, 3.05) is 18.0 Å². The lowest BCUT2D eigenvalue weighted by Crippen LogP contribution is -2.45. The number of pyridine rings is 1. The topological polar surface area (TPSA) is 54.5 Å². The molecule has 2 heterocycles. The normalized spacial score (nSPS) is 22.9. The van der Waals surface area contributed by atoms with Crippen LogP contribution in [0.2, 0.25) is 0 Å². The zero-order chi connectivity index (χ0) is 14.7. The molecule has 0 aliphatic carbocycles. The quantitative estimate of drug-likeness (QED) is 0.916. The minimum atomic E-state index is -0.0808. The number of aromatic nitrogens is 1.